The molecule has 2 N–H and O–H groups in total. The molecule has 10 heteroatoms. The average Bonchev–Trinajstić information content (AvgIpc) is 3.18. The van der Waals surface area contributed by atoms with Crippen LogP contribution in [0.15, 0.2) is 47.5 Å². The second kappa shape index (κ2) is 10.3. The van der Waals surface area contributed by atoms with Crippen molar-refractivity contribution >= 4 is 17.5 Å². The number of nitrogens with zero attached hydrogens (tertiary/aromatic N) is 4. The summed E-state index contributed by atoms with van der Waals surface area (Å²) < 4.78 is 14.8. The lowest BCUT2D eigenvalue weighted by atomic mass is 9.99. The first kappa shape index (κ1) is 23.7. The van der Waals surface area contributed by atoms with Crippen molar-refractivity contribution in [3.8, 4) is 0 Å². The predicted octanol–water partition coefficient (Wildman–Crippen LogP) is 2.24. The van der Waals surface area contributed by atoms with E-state index >= 15 is 0 Å². The van der Waals surface area contributed by atoms with E-state index < -0.39 is 11.7 Å². The van der Waals surface area contributed by atoms with Gasteiger partial charge in [-0.25, -0.2) is 9.49 Å². The van der Waals surface area contributed by atoms with Crippen molar-refractivity contribution in [2.24, 2.45) is 0 Å². The van der Waals surface area contributed by atoms with Crippen LogP contribution in [0.25, 0.3) is 0 Å². The first-order valence-corrected chi connectivity index (χ1v) is 12.1. The molecule has 2 amide bonds. The van der Waals surface area contributed by atoms with Crippen molar-refractivity contribution in [1.82, 2.24) is 25.0 Å². The van der Waals surface area contributed by atoms with Gasteiger partial charge >= 0.3 is 0 Å². The van der Waals surface area contributed by atoms with Crippen molar-refractivity contribution in [3.05, 3.63) is 86.8 Å². The lowest BCUT2D eigenvalue weighted by Gasteiger charge is -2.23. The Balaban J connectivity index is 1.32. The number of amides is 2. The van der Waals surface area contributed by atoms with Crippen LogP contribution in [0.5, 0.6) is 0 Å². The van der Waals surface area contributed by atoms with Crippen LogP contribution in [-0.4, -0.2) is 69.5 Å². The Bertz CT molecular complexity index is 1340. The number of aromatic nitrogens is 3. The summed E-state index contributed by atoms with van der Waals surface area (Å²) in [5.41, 5.74) is 3.08. The molecule has 1 fully saturated rings. The molecule has 3 aromatic rings. The molecule has 0 spiro atoms. The largest absolute Gasteiger partial charge is 0.383 e. The SMILES string of the molecule is O=C(c1cccnc1)N1CCCN(C(=O)c2cc(Cc3n[nH]c(=O)c4c3NCCC4)ccc2F)CC1. The standard InChI is InChI=1S/C26H27FN6O3/c27-21-7-6-17(15-22-23-19(5-2-9-29-23)24(34)31-30-22)14-20(21)26(36)33-11-3-10-32(12-13-33)25(35)18-4-1-8-28-16-18/h1,4,6-8,14,16,29H,2-3,5,9-13,15H2,(H,31,34). The monoisotopic (exact) mass is 490 g/mol. The summed E-state index contributed by atoms with van der Waals surface area (Å²) in [7, 11) is 0. The number of carbonyl (C=O) groups excluding carboxylic acids is 2. The second-order valence-electron chi connectivity index (χ2n) is 9.05. The van der Waals surface area contributed by atoms with E-state index in [9.17, 15) is 18.8 Å². The summed E-state index contributed by atoms with van der Waals surface area (Å²) in [6.45, 7) is 2.37. The lowest BCUT2D eigenvalue weighted by molar-refractivity contribution is 0.0716. The van der Waals surface area contributed by atoms with E-state index in [-0.39, 0.29) is 17.0 Å². The highest BCUT2D eigenvalue weighted by molar-refractivity contribution is 5.95. The van der Waals surface area contributed by atoms with Gasteiger partial charge in [0.1, 0.15) is 5.82 Å². The summed E-state index contributed by atoms with van der Waals surface area (Å²) in [5, 5.41) is 10.0. The molecule has 0 aliphatic carbocycles. The highest BCUT2D eigenvalue weighted by Gasteiger charge is 2.26. The van der Waals surface area contributed by atoms with Crippen molar-refractivity contribution in [2.45, 2.75) is 25.7 Å². The minimum absolute atomic E-state index is 0.00853. The predicted molar refractivity (Wildman–Crippen MR) is 132 cm³/mol. The molecule has 0 atom stereocenters. The Morgan fingerprint density at radius 1 is 1.03 bits per heavy atom. The van der Waals surface area contributed by atoms with Crippen LogP contribution in [0.1, 0.15) is 50.4 Å². The fraction of sp³-hybridized carbons (Fsp3) is 0.346. The number of fused-ring (bicyclic) bond motifs is 1. The van der Waals surface area contributed by atoms with Gasteiger partial charge in [0, 0.05) is 57.1 Å². The quantitative estimate of drug-likeness (QED) is 0.580. The molecule has 0 unspecified atom stereocenters. The van der Waals surface area contributed by atoms with Crippen LogP contribution >= 0.6 is 0 Å². The topological polar surface area (TPSA) is 111 Å². The number of aromatic amines is 1. The molecule has 5 rings (SSSR count). The van der Waals surface area contributed by atoms with E-state index in [4.69, 9.17) is 0 Å². The Morgan fingerprint density at radius 3 is 2.61 bits per heavy atom. The molecule has 2 aliphatic heterocycles. The summed E-state index contributed by atoms with van der Waals surface area (Å²) >= 11 is 0. The normalized spacial score (nSPS) is 15.6. The minimum atomic E-state index is -0.592. The molecule has 0 bridgehead atoms. The van der Waals surface area contributed by atoms with Crippen LogP contribution in [0.4, 0.5) is 10.1 Å². The number of H-pyrrole nitrogens is 1. The maximum Gasteiger partial charge on any atom is 0.269 e. The van der Waals surface area contributed by atoms with Gasteiger partial charge in [-0.2, -0.15) is 5.10 Å². The van der Waals surface area contributed by atoms with Crippen LogP contribution in [-0.2, 0) is 12.8 Å². The van der Waals surface area contributed by atoms with Gasteiger partial charge in [-0.15, -0.1) is 0 Å². The van der Waals surface area contributed by atoms with Crippen molar-refractivity contribution < 1.29 is 14.0 Å². The number of nitrogens with one attached hydrogen (secondary N) is 2. The van der Waals surface area contributed by atoms with Crippen LogP contribution in [0.2, 0.25) is 0 Å². The van der Waals surface area contributed by atoms with Gasteiger partial charge in [0.25, 0.3) is 17.4 Å². The molecule has 9 nitrogen and oxygen atoms in total. The van der Waals surface area contributed by atoms with Crippen LogP contribution < -0.4 is 10.9 Å². The van der Waals surface area contributed by atoms with E-state index in [1.807, 2.05) is 0 Å². The zero-order chi connectivity index (χ0) is 25.1. The van der Waals surface area contributed by atoms with Crippen molar-refractivity contribution in [3.63, 3.8) is 0 Å². The maximum atomic E-state index is 14.8. The first-order chi connectivity index (χ1) is 17.5. The Hall–Kier alpha value is -4.08. The molecule has 4 heterocycles. The fourth-order valence-electron chi connectivity index (χ4n) is 4.79. The van der Waals surface area contributed by atoms with Gasteiger partial charge in [-0.3, -0.25) is 19.4 Å². The van der Waals surface area contributed by atoms with E-state index in [2.05, 4.69) is 20.5 Å². The van der Waals surface area contributed by atoms with E-state index in [1.165, 1.54) is 12.3 Å². The third-order valence-corrected chi connectivity index (χ3v) is 6.67. The highest BCUT2D eigenvalue weighted by Crippen LogP contribution is 2.24. The molecule has 36 heavy (non-hydrogen) atoms. The second-order valence-corrected chi connectivity index (χ2v) is 9.05. The number of hydrogen-bond donors (Lipinski definition) is 2. The molecular weight excluding hydrogens is 463 g/mol. The zero-order valence-electron chi connectivity index (χ0n) is 19.8. The number of halogens is 1. The average molecular weight is 491 g/mol. The third kappa shape index (κ3) is 4.84. The Morgan fingerprint density at radius 2 is 1.83 bits per heavy atom. The zero-order valence-corrected chi connectivity index (χ0v) is 19.8. The summed E-state index contributed by atoms with van der Waals surface area (Å²) in [6.07, 6.45) is 5.63. The number of hydrogen-bond acceptors (Lipinski definition) is 6. The summed E-state index contributed by atoms with van der Waals surface area (Å²) in [6, 6.07) is 7.91. The van der Waals surface area contributed by atoms with Gasteiger partial charge in [0.15, 0.2) is 0 Å². The van der Waals surface area contributed by atoms with E-state index in [0.29, 0.717) is 62.3 Å². The molecule has 2 aliphatic rings. The minimum Gasteiger partial charge on any atom is -0.383 e. The smallest absolute Gasteiger partial charge is 0.269 e. The summed E-state index contributed by atoms with van der Waals surface area (Å²) in [4.78, 5) is 45.5. The molecule has 0 saturated carbocycles. The van der Waals surface area contributed by atoms with Gasteiger partial charge in [0.2, 0.25) is 0 Å². The number of rotatable bonds is 4. The number of pyridine rings is 1. The highest BCUT2D eigenvalue weighted by atomic mass is 19.1. The van der Waals surface area contributed by atoms with Gasteiger partial charge in [-0.1, -0.05) is 6.07 Å². The molecule has 1 aromatic carbocycles. The van der Waals surface area contributed by atoms with E-state index in [1.54, 1.807) is 40.3 Å². The number of carbonyl (C=O) groups is 2. The fourth-order valence-corrected chi connectivity index (χ4v) is 4.79. The molecule has 186 valence electrons. The molecule has 2 aromatic heterocycles. The summed E-state index contributed by atoms with van der Waals surface area (Å²) in [5.74, 6) is -1.12. The molecule has 1 saturated heterocycles. The maximum absolute atomic E-state index is 14.8. The van der Waals surface area contributed by atoms with Crippen LogP contribution in [0, 0.1) is 5.82 Å². The molecule has 0 radical (unpaired) electrons. The van der Waals surface area contributed by atoms with Crippen molar-refractivity contribution in [1.29, 1.82) is 0 Å². The lowest BCUT2D eigenvalue weighted by Crippen LogP contribution is -2.37. The molecular formula is C26H27FN6O3. The first-order valence-electron chi connectivity index (χ1n) is 12.1. The van der Waals surface area contributed by atoms with Crippen molar-refractivity contribution in [2.75, 3.05) is 38.0 Å². The van der Waals surface area contributed by atoms with Crippen LogP contribution in [0.3, 0.4) is 0 Å². The van der Waals surface area contributed by atoms with Gasteiger partial charge in [-0.05, 0) is 49.1 Å². The Kier molecular flexibility index (Phi) is 6.75. The van der Waals surface area contributed by atoms with Gasteiger partial charge in [0.05, 0.1) is 22.5 Å². The van der Waals surface area contributed by atoms with Gasteiger partial charge < -0.3 is 15.1 Å². The third-order valence-electron chi connectivity index (χ3n) is 6.67. The number of benzene rings is 1. The Labute approximate surface area is 207 Å². The number of anilines is 1. The van der Waals surface area contributed by atoms with E-state index in [0.717, 1.165) is 24.2 Å².